The van der Waals surface area contributed by atoms with Crippen LogP contribution in [0.5, 0.6) is 0 Å². The van der Waals surface area contributed by atoms with Gasteiger partial charge in [-0.05, 0) is 12.5 Å². The Morgan fingerprint density at radius 2 is 2.46 bits per heavy atom. The zero-order valence-corrected chi connectivity index (χ0v) is 9.34. The number of halogens is 1. The molecule has 0 aliphatic rings. The Labute approximate surface area is 88.4 Å². The highest BCUT2D eigenvalue weighted by atomic mass is 79.9. The van der Waals surface area contributed by atoms with Crippen LogP contribution in [0.2, 0.25) is 0 Å². The molecular weight excluding hydrogens is 254 g/mol. The van der Waals surface area contributed by atoms with E-state index in [1.807, 2.05) is 19.1 Å². The molecule has 0 N–H and O–H groups in total. The number of alkyl halides is 1. The van der Waals surface area contributed by atoms with Gasteiger partial charge in [0.1, 0.15) is 0 Å². The van der Waals surface area contributed by atoms with Gasteiger partial charge >= 0.3 is 5.00 Å². The Morgan fingerprint density at radius 1 is 1.77 bits per heavy atom. The van der Waals surface area contributed by atoms with Crippen LogP contribution in [0.25, 0.3) is 6.08 Å². The molecule has 0 aliphatic carbocycles. The molecule has 1 aromatic rings. The van der Waals surface area contributed by atoms with Gasteiger partial charge in [-0.15, -0.1) is 0 Å². The summed E-state index contributed by atoms with van der Waals surface area (Å²) in [7, 11) is 0. The van der Waals surface area contributed by atoms with Crippen molar-refractivity contribution in [3.05, 3.63) is 33.2 Å². The van der Waals surface area contributed by atoms with E-state index in [0.717, 1.165) is 16.9 Å². The van der Waals surface area contributed by atoms with Gasteiger partial charge in [-0.2, -0.15) is 0 Å². The van der Waals surface area contributed by atoms with E-state index >= 15 is 0 Å². The van der Waals surface area contributed by atoms with Gasteiger partial charge in [0, 0.05) is 16.3 Å². The molecule has 0 amide bonds. The molecule has 0 saturated heterocycles. The van der Waals surface area contributed by atoms with E-state index in [1.165, 1.54) is 0 Å². The van der Waals surface area contributed by atoms with Crippen LogP contribution < -0.4 is 0 Å². The van der Waals surface area contributed by atoms with Gasteiger partial charge < -0.3 is 0 Å². The first kappa shape index (κ1) is 10.4. The van der Waals surface area contributed by atoms with Gasteiger partial charge in [-0.3, -0.25) is 10.1 Å². The van der Waals surface area contributed by atoms with Crippen LogP contribution in [0.4, 0.5) is 5.00 Å². The average Bonchev–Trinajstić information content (AvgIpc) is 2.48. The quantitative estimate of drug-likeness (QED) is 0.475. The first-order chi connectivity index (χ1) is 6.09. The monoisotopic (exact) mass is 261 g/mol. The van der Waals surface area contributed by atoms with E-state index in [1.54, 1.807) is 11.4 Å². The van der Waals surface area contributed by atoms with Crippen molar-refractivity contribution >= 4 is 38.3 Å². The zero-order valence-electron chi connectivity index (χ0n) is 6.94. The highest BCUT2D eigenvalue weighted by Gasteiger charge is 2.07. The standard InChI is InChI=1S/C8H8BrNO2S/c1-6(9)2-3-7-4-8(10(11)12)13-5-7/h2-6H,1H3/b3-2+. The summed E-state index contributed by atoms with van der Waals surface area (Å²) in [5.74, 6) is 0. The summed E-state index contributed by atoms with van der Waals surface area (Å²) in [4.78, 5) is 10.2. The maximum atomic E-state index is 10.3. The summed E-state index contributed by atoms with van der Waals surface area (Å²) in [5.41, 5.74) is 0.878. The van der Waals surface area contributed by atoms with Gasteiger partial charge in [-0.1, -0.05) is 39.4 Å². The predicted octanol–water partition coefficient (Wildman–Crippen LogP) is 3.45. The molecule has 0 spiro atoms. The minimum Gasteiger partial charge on any atom is -0.258 e. The Kier molecular flexibility index (Phi) is 3.62. The van der Waals surface area contributed by atoms with Gasteiger partial charge in [0.15, 0.2) is 0 Å². The molecule has 3 nitrogen and oxygen atoms in total. The van der Waals surface area contributed by atoms with Crippen molar-refractivity contribution in [1.29, 1.82) is 0 Å². The van der Waals surface area contributed by atoms with E-state index in [9.17, 15) is 10.1 Å². The van der Waals surface area contributed by atoms with Crippen molar-refractivity contribution in [1.82, 2.24) is 0 Å². The largest absolute Gasteiger partial charge is 0.324 e. The summed E-state index contributed by atoms with van der Waals surface area (Å²) < 4.78 is 0. The lowest BCUT2D eigenvalue weighted by atomic mass is 10.3. The number of hydrogen-bond acceptors (Lipinski definition) is 3. The lowest BCUT2D eigenvalue weighted by Crippen LogP contribution is -1.81. The van der Waals surface area contributed by atoms with E-state index < -0.39 is 0 Å². The lowest BCUT2D eigenvalue weighted by molar-refractivity contribution is -0.380. The fraction of sp³-hybridized carbons (Fsp3) is 0.250. The van der Waals surface area contributed by atoms with Crippen molar-refractivity contribution < 1.29 is 4.92 Å². The number of rotatable bonds is 3. The second-order valence-electron chi connectivity index (χ2n) is 2.51. The molecule has 0 fully saturated rings. The number of allylic oxidation sites excluding steroid dienone is 1. The Morgan fingerprint density at radius 3 is 2.92 bits per heavy atom. The van der Waals surface area contributed by atoms with E-state index in [-0.39, 0.29) is 14.8 Å². The molecule has 0 saturated carbocycles. The maximum absolute atomic E-state index is 10.3. The summed E-state index contributed by atoms with van der Waals surface area (Å²) in [5, 5.41) is 12.3. The molecule has 0 aliphatic heterocycles. The number of nitro groups is 1. The first-order valence-corrected chi connectivity index (χ1v) is 5.44. The molecule has 1 aromatic heterocycles. The van der Waals surface area contributed by atoms with Crippen molar-refractivity contribution in [3.8, 4) is 0 Å². The normalized spacial score (nSPS) is 13.4. The first-order valence-electron chi connectivity index (χ1n) is 3.65. The number of nitrogens with zero attached hydrogens (tertiary/aromatic N) is 1. The summed E-state index contributed by atoms with van der Waals surface area (Å²) in [6, 6.07) is 1.57. The third-order valence-corrected chi connectivity index (χ3v) is 2.54. The molecule has 0 radical (unpaired) electrons. The van der Waals surface area contributed by atoms with Crippen LogP contribution in [0.1, 0.15) is 12.5 Å². The summed E-state index contributed by atoms with van der Waals surface area (Å²) >= 11 is 4.49. The fourth-order valence-corrected chi connectivity index (χ4v) is 1.61. The van der Waals surface area contributed by atoms with Crippen molar-refractivity contribution in [2.45, 2.75) is 11.8 Å². The second kappa shape index (κ2) is 4.53. The van der Waals surface area contributed by atoms with Crippen LogP contribution in [-0.4, -0.2) is 9.75 Å². The highest BCUT2D eigenvalue weighted by Crippen LogP contribution is 2.23. The van der Waals surface area contributed by atoms with Crippen LogP contribution in [-0.2, 0) is 0 Å². The molecule has 0 aromatic carbocycles. The smallest absolute Gasteiger partial charge is 0.258 e. The Bertz CT molecular complexity index is 333. The van der Waals surface area contributed by atoms with E-state index in [2.05, 4.69) is 15.9 Å². The Hall–Kier alpha value is -0.680. The second-order valence-corrected chi connectivity index (χ2v) is 4.85. The summed E-state index contributed by atoms with van der Waals surface area (Å²) in [6.07, 6.45) is 3.80. The minimum atomic E-state index is -0.375. The van der Waals surface area contributed by atoms with Crippen LogP contribution in [0.3, 0.4) is 0 Å². The topological polar surface area (TPSA) is 43.1 Å². The van der Waals surface area contributed by atoms with Crippen LogP contribution in [0.15, 0.2) is 17.5 Å². The van der Waals surface area contributed by atoms with Gasteiger partial charge in [-0.25, -0.2) is 0 Å². The highest BCUT2D eigenvalue weighted by molar-refractivity contribution is 9.09. The number of thiophene rings is 1. The summed E-state index contributed by atoms with van der Waals surface area (Å²) in [6.45, 7) is 1.98. The van der Waals surface area contributed by atoms with Gasteiger partial charge in [0.2, 0.25) is 0 Å². The van der Waals surface area contributed by atoms with Gasteiger partial charge in [0.05, 0.1) is 4.92 Å². The lowest BCUT2D eigenvalue weighted by Gasteiger charge is -1.88. The molecule has 13 heavy (non-hydrogen) atoms. The van der Waals surface area contributed by atoms with Gasteiger partial charge in [0.25, 0.3) is 0 Å². The molecule has 1 heterocycles. The van der Waals surface area contributed by atoms with Crippen molar-refractivity contribution in [2.75, 3.05) is 0 Å². The third kappa shape index (κ3) is 3.28. The number of hydrogen-bond donors (Lipinski definition) is 0. The molecule has 0 bridgehead atoms. The minimum absolute atomic E-state index is 0.182. The van der Waals surface area contributed by atoms with Crippen LogP contribution >= 0.6 is 27.3 Å². The molecule has 70 valence electrons. The van der Waals surface area contributed by atoms with E-state index in [4.69, 9.17) is 0 Å². The van der Waals surface area contributed by atoms with Crippen LogP contribution in [0, 0.1) is 10.1 Å². The molecule has 1 atom stereocenters. The van der Waals surface area contributed by atoms with E-state index in [0.29, 0.717) is 0 Å². The maximum Gasteiger partial charge on any atom is 0.324 e. The SMILES string of the molecule is CC(Br)/C=C/c1csc([N+](=O)[O-])c1. The molecule has 1 rings (SSSR count). The average molecular weight is 262 g/mol. The van der Waals surface area contributed by atoms with Crippen molar-refractivity contribution in [2.24, 2.45) is 0 Å². The Balaban J connectivity index is 2.75. The predicted molar refractivity (Wildman–Crippen MR) is 58.4 cm³/mol. The fourth-order valence-electron chi connectivity index (χ4n) is 0.766. The van der Waals surface area contributed by atoms with Crippen molar-refractivity contribution in [3.63, 3.8) is 0 Å². The third-order valence-electron chi connectivity index (χ3n) is 1.34. The molecule has 1 unspecified atom stereocenters. The molecule has 5 heteroatoms. The zero-order chi connectivity index (χ0) is 9.84. The molecular formula is C8H8BrNO2S.